The van der Waals surface area contributed by atoms with Gasteiger partial charge in [0.15, 0.2) is 0 Å². The minimum Gasteiger partial charge on any atom is -0.480 e. The summed E-state index contributed by atoms with van der Waals surface area (Å²) in [5, 5.41) is 28.3. The Kier molecular flexibility index (Phi) is 17.2. The SMILES string of the molecule is CCCCOC(C)C1=C(C)c2cc3[nH]c(c4c5[nH]c(cc6nc(cc1n2)C(C)=C6CC)c(C)c5C(=O)N(CCCC)C4=O)[C@@H](CCC(=O)N(CC(=O)N(C)CC(=O)O)CC(=O)N(CC(=O)O)CC(=O)O)[C@@H]3C. The summed E-state index contributed by atoms with van der Waals surface area (Å²) in [7, 11) is 1.20. The van der Waals surface area contributed by atoms with Crippen molar-refractivity contribution in [2.75, 3.05) is 52.9 Å². The van der Waals surface area contributed by atoms with Crippen LogP contribution >= 0.6 is 0 Å². The molecule has 20 heteroatoms. The number of carbonyl (C=O) groups excluding carboxylic acids is 5. The third-order valence-corrected chi connectivity index (χ3v) is 13.8. The van der Waals surface area contributed by atoms with Crippen LogP contribution in [0, 0.1) is 6.92 Å². The van der Waals surface area contributed by atoms with E-state index >= 15 is 4.79 Å². The van der Waals surface area contributed by atoms with Crippen molar-refractivity contribution in [1.82, 2.24) is 39.5 Å². The predicted octanol–water partition coefficient (Wildman–Crippen LogP) is 6.26. The quantitative estimate of drug-likeness (QED) is 0.0644. The number of aromatic amines is 2. The molecule has 6 rings (SSSR count). The van der Waals surface area contributed by atoms with Gasteiger partial charge in [-0.1, -0.05) is 40.5 Å². The molecular formula is C52H66N8O12. The number of aromatic nitrogens is 4. The minimum atomic E-state index is -1.51. The molecule has 0 saturated carbocycles. The first-order valence-corrected chi connectivity index (χ1v) is 24.5. The van der Waals surface area contributed by atoms with Crippen LogP contribution in [0.2, 0.25) is 0 Å². The normalized spacial score (nSPS) is 16.2. The highest BCUT2D eigenvalue weighted by molar-refractivity contribution is 6.23. The van der Waals surface area contributed by atoms with E-state index in [0.29, 0.717) is 81.4 Å². The van der Waals surface area contributed by atoms with Crippen molar-refractivity contribution in [3.63, 3.8) is 0 Å². The zero-order valence-electron chi connectivity index (χ0n) is 42.6. The van der Waals surface area contributed by atoms with Crippen LogP contribution in [0.1, 0.15) is 166 Å². The second-order valence-electron chi connectivity index (χ2n) is 18.8. The summed E-state index contributed by atoms with van der Waals surface area (Å²) >= 11 is 0. The lowest BCUT2D eigenvalue weighted by molar-refractivity contribution is -0.152. The number of imide groups is 1. The molecule has 5 N–H and O–H groups in total. The van der Waals surface area contributed by atoms with E-state index < -0.39 is 92.0 Å². The van der Waals surface area contributed by atoms with Gasteiger partial charge in [-0.15, -0.1) is 0 Å². The van der Waals surface area contributed by atoms with Crippen LogP contribution in [0.3, 0.4) is 0 Å². The number of H-pyrrole nitrogens is 2. The van der Waals surface area contributed by atoms with Crippen molar-refractivity contribution in [1.29, 1.82) is 0 Å². The number of carboxylic acid groups (broad SMARTS) is 3. The molecule has 4 aliphatic heterocycles. The number of unbranched alkanes of at least 4 members (excludes halogenated alkanes) is 2. The van der Waals surface area contributed by atoms with Gasteiger partial charge in [-0.3, -0.25) is 43.3 Å². The summed E-state index contributed by atoms with van der Waals surface area (Å²) < 4.78 is 6.38. The number of nitrogens with zero attached hydrogens (tertiary/aromatic N) is 6. The maximum absolute atomic E-state index is 15.1. The fourth-order valence-corrected chi connectivity index (χ4v) is 9.76. The number of amides is 5. The molecule has 20 nitrogen and oxygen atoms in total. The smallest absolute Gasteiger partial charge is 0.323 e. The summed E-state index contributed by atoms with van der Waals surface area (Å²) in [6.45, 7) is 12.1. The highest BCUT2D eigenvalue weighted by Crippen LogP contribution is 2.45. The third-order valence-electron chi connectivity index (χ3n) is 13.8. The van der Waals surface area contributed by atoms with E-state index in [4.69, 9.17) is 14.7 Å². The second-order valence-corrected chi connectivity index (χ2v) is 18.8. The number of likely N-dealkylation sites (N-methyl/N-ethyl adjacent to an activating group) is 1. The Morgan fingerprint density at radius 3 is 1.96 bits per heavy atom. The van der Waals surface area contributed by atoms with Crippen LogP contribution < -0.4 is 0 Å². The molecule has 0 radical (unpaired) electrons. The van der Waals surface area contributed by atoms with E-state index in [2.05, 4.69) is 23.8 Å². The Bertz CT molecular complexity index is 2820. The lowest BCUT2D eigenvalue weighted by atomic mass is 9.84. The van der Waals surface area contributed by atoms with Gasteiger partial charge in [0.05, 0.1) is 45.5 Å². The molecule has 386 valence electrons. The van der Waals surface area contributed by atoms with Gasteiger partial charge in [-0.25, -0.2) is 9.97 Å². The summed E-state index contributed by atoms with van der Waals surface area (Å²) in [6.07, 6.45) is 3.05. The zero-order chi connectivity index (χ0) is 52.9. The Morgan fingerprint density at radius 2 is 1.33 bits per heavy atom. The van der Waals surface area contributed by atoms with Crippen molar-refractivity contribution in [2.24, 2.45) is 0 Å². The van der Waals surface area contributed by atoms with Crippen LogP contribution in [-0.4, -0.2) is 161 Å². The van der Waals surface area contributed by atoms with Gasteiger partial charge < -0.3 is 44.7 Å². The van der Waals surface area contributed by atoms with E-state index in [9.17, 15) is 48.9 Å². The van der Waals surface area contributed by atoms with E-state index in [-0.39, 0.29) is 31.1 Å². The summed E-state index contributed by atoms with van der Waals surface area (Å²) in [5.41, 5.74) is 9.57. The molecule has 8 bridgehead atoms. The van der Waals surface area contributed by atoms with Gasteiger partial charge in [0.25, 0.3) is 11.8 Å². The minimum absolute atomic E-state index is 0.00421. The van der Waals surface area contributed by atoms with Crippen molar-refractivity contribution < 1.29 is 58.4 Å². The Morgan fingerprint density at radius 1 is 0.736 bits per heavy atom. The first-order valence-electron chi connectivity index (χ1n) is 24.5. The van der Waals surface area contributed by atoms with Crippen molar-refractivity contribution in [3.8, 4) is 0 Å². The van der Waals surface area contributed by atoms with Crippen molar-refractivity contribution in [2.45, 2.75) is 118 Å². The van der Waals surface area contributed by atoms with Crippen LogP contribution in [0.25, 0.3) is 33.3 Å². The van der Waals surface area contributed by atoms with Gasteiger partial charge in [0.1, 0.15) is 32.7 Å². The topological polar surface area (TPSA) is 277 Å². The number of carboxylic acids is 3. The largest absolute Gasteiger partial charge is 0.480 e. The molecule has 5 amide bonds. The van der Waals surface area contributed by atoms with E-state index in [0.717, 1.165) is 50.6 Å². The molecular weight excluding hydrogens is 929 g/mol. The molecule has 0 saturated heterocycles. The second kappa shape index (κ2) is 22.9. The number of allylic oxidation sites excluding steroid dienone is 3. The van der Waals surface area contributed by atoms with Crippen LogP contribution in [-0.2, 0) is 33.5 Å². The standard InChI is InChI=1S/C52H66N8O12/c1-10-13-17-60-51(70)47-30(7)37-20-38-32(12-3)27(4)34(53-38)21-39-46(31(8)72-18-14-11-2)29(6)36(54-39)19-35-28(5)33(49(55-35)48(52(60)71)50(47)56-37)15-16-40(61)58(22-41(62)57(9)24-43(64)65)23-42(63)59(25-44(66)67)26-45(68)69/h19-21,28,31,33,55-56H,10-18,22-26H2,1-9H3,(H,64,65)(H,66,67)(H,68,69)/t28-,31?,33-/m0/s1. The van der Waals surface area contributed by atoms with Crippen molar-refractivity contribution >= 4 is 80.8 Å². The monoisotopic (exact) mass is 994 g/mol. The molecule has 1 unspecified atom stereocenters. The number of nitrogens with one attached hydrogen (secondary N) is 2. The molecule has 3 atom stereocenters. The highest BCUT2D eigenvalue weighted by atomic mass is 16.5. The van der Waals surface area contributed by atoms with Crippen LogP contribution in [0.5, 0.6) is 0 Å². The number of ether oxygens (including phenoxy) is 1. The Labute approximate surface area is 417 Å². The maximum Gasteiger partial charge on any atom is 0.323 e. The number of aryl methyl sites for hydroxylation is 1. The number of carbonyl (C=O) groups is 8. The van der Waals surface area contributed by atoms with Crippen LogP contribution in [0.15, 0.2) is 18.2 Å². The third kappa shape index (κ3) is 11.4. The number of fused-ring (bicyclic) bond motifs is 8. The summed E-state index contributed by atoms with van der Waals surface area (Å²) in [5.74, 6) is -9.14. The molecule has 2 aromatic rings. The average Bonchev–Trinajstić information content (AvgIpc) is 4.00. The first-order chi connectivity index (χ1) is 34.1. The number of hydrogen-bond acceptors (Lipinski definition) is 11. The lowest BCUT2D eigenvalue weighted by Crippen LogP contribution is -2.49. The van der Waals surface area contributed by atoms with Gasteiger partial charge in [-0.2, -0.15) is 0 Å². The summed E-state index contributed by atoms with van der Waals surface area (Å²) in [6, 6.07) is 5.79. The molecule has 2 aromatic heterocycles. The fraction of sp³-hybridized carbons (Fsp3) is 0.500. The molecule has 0 fully saturated rings. The lowest BCUT2D eigenvalue weighted by Gasteiger charge is -2.28. The van der Waals surface area contributed by atoms with Gasteiger partial charge >= 0.3 is 17.9 Å². The van der Waals surface area contributed by atoms with Crippen molar-refractivity contribution in [3.05, 3.63) is 69.1 Å². The van der Waals surface area contributed by atoms with Gasteiger partial charge in [0, 0.05) is 60.9 Å². The summed E-state index contributed by atoms with van der Waals surface area (Å²) in [4.78, 5) is 127. The van der Waals surface area contributed by atoms with E-state index in [1.165, 1.54) is 11.9 Å². The Hall–Kier alpha value is -7.22. The number of rotatable bonds is 22. The number of aliphatic carboxylic acids is 3. The highest BCUT2D eigenvalue weighted by Gasteiger charge is 2.41. The molecule has 0 spiro atoms. The maximum atomic E-state index is 15.1. The Balaban J connectivity index is 1.57. The van der Waals surface area contributed by atoms with E-state index in [1.807, 2.05) is 59.7 Å². The predicted molar refractivity (Wildman–Crippen MR) is 267 cm³/mol. The molecule has 0 aliphatic carbocycles. The average molecular weight is 995 g/mol. The first kappa shape index (κ1) is 54.1. The van der Waals surface area contributed by atoms with E-state index in [1.54, 1.807) is 0 Å². The van der Waals surface area contributed by atoms with Gasteiger partial charge in [-0.05, 0) is 93.9 Å². The fourth-order valence-electron chi connectivity index (χ4n) is 9.76. The molecule has 4 aliphatic rings. The molecule has 72 heavy (non-hydrogen) atoms. The molecule has 6 heterocycles. The number of hydrogen-bond donors (Lipinski definition) is 5. The van der Waals surface area contributed by atoms with Crippen LogP contribution in [0.4, 0.5) is 0 Å². The molecule has 0 aromatic carbocycles. The van der Waals surface area contributed by atoms with Gasteiger partial charge in [0.2, 0.25) is 17.7 Å². The zero-order valence-corrected chi connectivity index (χ0v) is 42.6.